The van der Waals surface area contributed by atoms with Crippen LogP contribution in [-0.2, 0) is 60.7 Å². The third-order valence-corrected chi connectivity index (χ3v) is 23.1. The van der Waals surface area contributed by atoms with Gasteiger partial charge in [-0.15, -0.1) is 0 Å². The Labute approximate surface area is 512 Å². The topological polar surface area (TPSA) is 308 Å². The second kappa shape index (κ2) is 26.6. The SMILES string of the molecule is C[C@H]1O[C@@H](OC2C(O)C(NC(=O)CCCCCN)[C@H](CO)O[C@H]2OC(=O)[C@]23CCC(C)(C)CC2C2=CCC4C5(C)CC[C@H](O)[C@](C)(CO)[C@@H]5CC[C@]4(C)[C@]2(C)CC3O)C(O)C(O)C1O[C@@H]1OCC(OCc2ccccc2)C(OCc2ccccc2)C1O. The molecular weight excluding hydrogens is 1120 g/mol. The molecule has 1 amide bonds. The molecule has 13 unspecified atom stereocenters. The molecule has 20 heteroatoms. The van der Waals surface area contributed by atoms with Crippen molar-refractivity contribution in [2.45, 2.75) is 243 Å². The lowest BCUT2D eigenvalue weighted by Gasteiger charge is -2.71. The molecule has 4 saturated carbocycles. The number of fused-ring (bicyclic) bond motifs is 7. The molecule has 5 aliphatic carbocycles. The van der Waals surface area contributed by atoms with Crippen molar-refractivity contribution in [1.29, 1.82) is 0 Å². The predicted molar refractivity (Wildman–Crippen MR) is 317 cm³/mol. The molecule has 87 heavy (non-hydrogen) atoms. The Kier molecular flexibility index (Phi) is 20.3. The molecule has 10 rings (SSSR count). The number of rotatable bonds is 20. The van der Waals surface area contributed by atoms with Crippen LogP contribution in [0, 0.1) is 50.2 Å². The molecule has 2 aromatic carbocycles. The Morgan fingerprint density at radius 3 is 2.03 bits per heavy atom. The number of benzene rings is 2. The van der Waals surface area contributed by atoms with Crippen LogP contribution < -0.4 is 11.1 Å². The van der Waals surface area contributed by atoms with Gasteiger partial charge >= 0.3 is 5.97 Å². The lowest BCUT2D eigenvalue weighted by Crippen LogP contribution is -2.69. The van der Waals surface area contributed by atoms with Crippen molar-refractivity contribution in [2.75, 3.05) is 26.4 Å². The van der Waals surface area contributed by atoms with Crippen molar-refractivity contribution in [3.63, 3.8) is 0 Å². The molecule has 0 spiro atoms. The first-order chi connectivity index (χ1) is 41.4. The molecular formula is C67H100N2O18. The van der Waals surface area contributed by atoms with E-state index in [2.05, 4.69) is 46.0 Å². The van der Waals surface area contributed by atoms with Gasteiger partial charge in [0, 0.05) is 11.8 Å². The quantitative estimate of drug-likeness (QED) is 0.0482. The van der Waals surface area contributed by atoms with Crippen LogP contribution in [0.25, 0.3) is 0 Å². The van der Waals surface area contributed by atoms with Crippen molar-refractivity contribution in [2.24, 2.45) is 56.0 Å². The van der Waals surface area contributed by atoms with Gasteiger partial charge < -0.3 is 89.8 Å². The summed E-state index contributed by atoms with van der Waals surface area (Å²) < 4.78 is 50.7. The number of esters is 1. The van der Waals surface area contributed by atoms with Gasteiger partial charge in [-0.2, -0.15) is 0 Å². The number of amides is 1. The molecule has 0 aromatic heterocycles. The summed E-state index contributed by atoms with van der Waals surface area (Å²) in [6, 6.07) is 17.6. The minimum atomic E-state index is -1.91. The number of ether oxygens (including phenoxy) is 8. The monoisotopic (exact) mass is 1220 g/mol. The number of aliphatic hydroxyl groups is 8. The molecule has 20 nitrogen and oxygen atoms in total. The van der Waals surface area contributed by atoms with Gasteiger partial charge in [0.05, 0.1) is 57.4 Å². The van der Waals surface area contributed by atoms with Gasteiger partial charge in [0.15, 0.2) is 18.7 Å². The minimum absolute atomic E-state index is 0.0636. The smallest absolute Gasteiger partial charge is 0.317 e. The maximum atomic E-state index is 15.8. The lowest BCUT2D eigenvalue weighted by molar-refractivity contribution is -0.371. The zero-order valence-electron chi connectivity index (χ0n) is 52.0. The zero-order valence-corrected chi connectivity index (χ0v) is 52.0. The molecule has 3 aliphatic heterocycles. The number of aliphatic hydroxyl groups excluding tert-OH is 8. The first-order valence-corrected chi connectivity index (χ1v) is 32.2. The molecule has 486 valence electrons. The highest BCUT2D eigenvalue weighted by Crippen LogP contribution is 2.76. The number of nitrogens with two attached hydrogens (primary N) is 1. The Hall–Kier alpha value is -3.52. The molecule has 0 radical (unpaired) electrons. The van der Waals surface area contributed by atoms with Crippen molar-refractivity contribution in [3.05, 3.63) is 83.4 Å². The normalized spacial score (nSPS) is 44.2. The van der Waals surface area contributed by atoms with Gasteiger partial charge in [0.1, 0.15) is 54.2 Å². The number of nitrogens with one attached hydrogen (secondary N) is 1. The third-order valence-electron chi connectivity index (χ3n) is 23.1. The highest BCUT2D eigenvalue weighted by Gasteiger charge is 2.72. The first-order valence-electron chi connectivity index (χ1n) is 32.2. The van der Waals surface area contributed by atoms with Crippen LogP contribution in [0.3, 0.4) is 0 Å². The summed E-state index contributed by atoms with van der Waals surface area (Å²) in [7, 11) is 0. The molecule has 2 aromatic rings. The zero-order chi connectivity index (χ0) is 62.4. The molecule has 0 bridgehead atoms. The van der Waals surface area contributed by atoms with E-state index in [9.17, 15) is 45.6 Å². The largest absolute Gasteiger partial charge is 0.432 e. The minimum Gasteiger partial charge on any atom is -0.432 e. The van der Waals surface area contributed by atoms with E-state index in [4.69, 9.17) is 43.6 Å². The summed E-state index contributed by atoms with van der Waals surface area (Å²) in [4.78, 5) is 29.4. The van der Waals surface area contributed by atoms with Crippen LogP contribution in [0.4, 0.5) is 0 Å². The fourth-order valence-corrected chi connectivity index (χ4v) is 17.7. The summed E-state index contributed by atoms with van der Waals surface area (Å²) >= 11 is 0. The van der Waals surface area contributed by atoms with E-state index in [1.54, 1.807) is 6.92 Å². The number of carbonyl (C=O) groups is 2. The molecule has 24 atom stereocenters. The number of unbranched alkanes of at least 4 members (excludes halogenated alkanes) is 2. The van der Waals surface area contributed by atoms with E-state index in [0.717, 1.165) is 42.4 Å². The fraction of sp³-hybridized carbons (Fsp3) is 0.761. The van der Waals surface area contributed by atoms with Crippen molar-refractivity contribution in [3.8, 4) is 0 Å². The maximum absolute atomic E-state index is 15.8. The van der Waals surface area contributed by atoms with Gasteiger partial charge in [-0.3, -0.25) is 9.59 Å². The Bertz CT molecular complexity index is 2670. The van der Waals surface area contributed by atoms with Gasteiger partial charge in [0.2, 0.25) is 12.2 Å². The fourth-order valence-electron chi connectivity index (χ4n) is 17.7. The lowest BCUT2D eigenvalue weighted by atomic mass is 9.33. The third kappa shape index (κ3) is 12.4. The molecule has 11 N–H and O–H groups in total. The summed E-state index contributed by atoms with van der Waals surface area (Å²) in [5.41, 5.74) is 5.05. The van der Waals surface area contributed by atoms with Crippen molar-refractivity contribution >= 4 is 11.9 Å². The standard InChI is InChI=1S/C67H100N2O18/c1-38-55(85-58-54(78)56(81-35-40-19-13-9-14-20-40)44(36-82-58)80-34-39-17-11-8-12-18-39)52(76)53(77)59(83-38)86-57-51(75)50(69-49(74)21-15-10-16-30-68)43(33-70)84-60(57)87-61(79)67-29-28-62(2,3)31-42(67)41-22-23-46-63(4)26-25-47(72)64(5,37-71)45(63)24-27-65(46,6)66(41,7)32-48(67)73/h8-9,11-14,17-20,22,38,42-48,50-60,70-73,75-78H,10,15-16,21,23-37,68H2,1-7H3,(H,69,74)/t38-,42?,43+,44?,45-,46?,47+,48?,50?,51?,52?,53?,54?,55?,56?,57?,58+,59+,60+,63?,64-,65+,66-,67-/m1/s1. The van der Waals surface area contributed by atoms with Gasteiger partial charge in [-0.1, -0.05) is 120 Å². The molecule has 3 saturated heterocycles. The molecule has 3 heterocycles. The van der Waals surface area contributed by atoms with Crippen molar-refractivity contribution < 1.29 is 88.3 Å². The van der Waals surface area contributed by atoms with E-state index >= 15 is 4.79 Å². The Balaban J connectivity index is 0.903. The van der Waals surface area contributed by atoms with Gasteiger partial charge in [-0.25, -0.2) is 0 Å². The summed E-state index contributed by atoms with van der Waals surface area (Å²) in [6.45, 7) is 14.8. The highest BCUT2D eigenvalue weighted by atomic mass is 16.8. The number of hydrogen-bond donors (Lipinski definition) is 10. The highest BCUT2D eigenvalue weighted by molar-refractivity contribution is 5.80. The van der Waals surface area contributed by atoms with Crippen LogP contribution in [0.15, 0.2) is 72.3 Å². The Morgan fingerprint density at radius 2 is 1.37 bits per heavy atom. The van der Waals surface area contributed by atoms with Crippen LogP contribution in [-0.4, -0.2) is 177 Å². The second-order valence-electron chi connectivity index (χ2n) is 28.7. The molecule has 8 aliphatic rings. The van der Waals surface area contributed by atoms with Crippen LogP contribution in [0.1, 0.15) is 143 Å². The predicted octanol–water partition coefficient (Wildman–Crippen LogP) is 4.84. The summed E-state index contributed by atoms with van der Waals surface area (Å²) in [5.74, 6) is -1.50. The van der Waals surface area contributed by atoms with E-state index in [-0.39, 0.29) is 73.8 Å². The Morgan fingerprint density at radius 1 is 0.690 bits per heavy atom. The second-order valence-corrected chi connectivity index (χ2v) is 28.7. The first kappa shape index (κ1) is 66.4. The van der Waals surface area contributed by atoms with Gasteiger partial charge in [-0.05, 0) is 135 Å². The number of allylic oxidation sites excluding steroid dienone is 2. The summed E-state index contributed by atoms with van der Waals surface area (Å²) in [6.07, 6.45) is -11.3. The van der Waals surface area contributed by atoms with Crippen LogP contribution >= 0.6 is 0 Å². The summed E-state index contributed by atoms with van der Waals surface area (Å²) in [5, 5.41) is 97.4. The van der Waals surface area contributed by atoms with E-state index < -0.39 is 139 Å². The number of carbonyl (C=O) groups excluding carboxylic acids is 2. The number of hydrogen-bond acceptors (Lipinski definition) is 19. The average molecular weight is 1220 g/mol. The van der Waals surface area contributed by atoms with E-state index in [1.165, 1.54) is 0 Å². The van der Waals surface area contributed by atoms with Gasteiger partial charge in [0.25, 0.3) is 0 Å². The van der Waals surface area contributed by atoms with Crippen molar-refractivity contribution in [1.82, 2.24) is 5.32 Å². The van der Waals surface area contributed by atoms with E-state index in [1.807, 2.05) is 67.6 Å². The van der Waals surface area contributed by atoms with E-state index in [0.29, 0.717) is 45.1 Å². The average Bonchev–Trinajstić information content (AvgIpc) is 0.696. The molecule has 7 fully saturated rings. The van der Waals surface area contributed by atoms with Crippen LogP contribution in [0.5, 0.6) is 0 Å². The maximum Gasteiger partial charge on any atom is 0.317 e. The van der Waals surface area contributed by atoms with Crippen LogP contribution in [0.2, 0.25) is 0 Å².